The quantitative estimate of drug-likeness (QED) is 0.900. The highest BCUT2D eigenvalue weighted by Crippen LogP contribution is 2.33. The van der Waals surface area contributed by atoms with Gasteiger partial charge in [0.2, 0.25) is 5.91 Å². The van der Waals surface area contributed by atoms with Crippen LogP contribution in [0.25, 0.3) is 0 Å². The zero-order valence-electron chi connectivity index (χ0n) is 13.5. The van der Waals surface area contributed by atoms with Crippen molar-refractivity contribution in [2.75, 3.05) is 19.8 Å². The Kier molecular flexibility index (Phi) is 5.03. The molecule has 0 bridgehead atoms. The summed E-state index contributed by atoms with van der Waals surface area (Å²) in [6.07, 6.45) is -3.61. The van der Waals surface area contributed by atoms with Gasteiger partial charge in [-0.15, -0.1) is 0 Å². The molecule has 5 nitrogen and oxygen atoms in total. The van der Waals surface area contributed by atoms with E-state index in [1.807, 2.05) is 13.8 Å². The zero-order chi connectivity index (χ0) is 17.3. The first-order valence-corrected chi connectivity index (χ1v) is 7.60. The van der Waals surface area contributed by atoms with Crippen LogP contribution in [0.5, 0.6) is 0 Å². The molecule has 1 saturated heterocycles. The fourth-order valence-corrected chi connectivity index (χ4v) is 2.67. The summed E-state index contributed by atoms with van der Waals surface area (Å²) in [6.45, 7) is 6.94. The number of rotatable bonds is 5. The Bertz CT molecular complexity index is 561. The minimum atomic E-state index is -4.45. The first kappa shape index (κ1) is 17.8. The summed E-state index contributed by atoms with van der Waals surface area (Å²) in [6, 6.07) is 1.00. The minimum absolute atomic E-state index is 0.117. The average Bonchev–Trinajstić information content (AvgIpc) is 3.08. The fourth-order valence-electron chi connectivity index (χ4n) is 2.67. The second kappa shape index (κ2) is 6.51. The molecule has 1 aromatic heterocycles. The lowest BCUT2D eigenvalue weighted by Crippen LogP contribution is -2.43. The Morgan fingerprint density at radius 1 is 1.48 bits per heavy atom. The predicted octanol–water partition coefficient (Wildman–Crippen LogP) is 2.39. The number of hydrogen-bond donors (Lipinski definition) is 1. The summed E-state index contributed by atoms with van der Waals surface area (Å²) in [4.78, 5) is 12.3. The third-order valence-electron chi connectivity index (χ3n) is 4.42. The van der Waals surface area contributed by atoms with E-state index in [1.54, 1.807) is 6.92 Å². The Hall–Kier alpha value is -1.57. The van der Waals surface area contributed by atoms with E-state index >= 15 is 0 Å². The summed E-state index contributed by atoms with van der Waals surface area (Å²) in [5.41, 5.74) is -1.06. The molecular weight excluding hydrogens is 311 g/mol. The van der Waals surface area contributed by atoms with Gasteiger partial charge >= 0.3 is 6.18 Å². The highest BCUT2D eigenvalue weighted by molar-refractivity contribution is 5.82. The van der Waals surface area contributed by atoms with Crippen molar-refractivity contribution in [3.05, 3.63) is 17.5 Å². The first-order chi connectivity index (χ1) is 10.6. The summed E-state index contributed by atoms with van der Waals surface area (Å²) in [7, 11) is 0. The molecule has 0 saturated carbocycles. The van der Waals surface area contributed by atoms with Crippen molar-refractivity contribution in [3.8, 4) is 0 Å². The summed E-state index contributed by atoms with van der Waals surface area (Å²) in [5, 5.41) is 6.32. The van der Waals surface area contributed by atoms with Gasteiger partial charge in [-0.1, -0.05) is 13.8 Å². The normalized spacial score (nSPS) is 19.1. The summed E-state index contributed by atoms with van der Waals surface area (Å²) in [5.74, 6) is 0.0413. The molecule has 1 unspecified atom stereocenters. The standard InChI is InChI=1S/C15H22F3N3O2/c1-10-8-12(15(16,17)18)20-21(10)6-5-19-13(22)14(2,3)11-4-7-23-9-11/h8,11H,4-7,9H2,1-3H3,(H,19,22). The van der Waals surface area contributed by atoms with Crippen molar-refractivity contribution in [2.45, 2.75) is 39.9 Å². The van der Waals surface area contributed by atoms with Crippen LogP contribution in [0.2, 0.25) is 0 Å². The Labute approximate surface area is 133 Å². The molecule has 8 heteroatoms. The van der Waals surface area contributed by atoms with Crippen LogP contribution in [0.15, 0.2) is 6.07 Å². The van der Waals surface area contributed by atoms with Gasteiger partial charge in [0.05, 0.1) is 13.2 Å². The van der Waals surface area contributed by atoms with Crippen molar-refractivity contribution >= 4 is 5.91 Å². The van der Waals surface area contributed by atoms with Crippen LogP contribution in [-0.4, -0.2) is 35.4 Å². The van der Waals surface area contributed by atoms with Crippen molar-refractivity contribution in [1.29, 1.82) is 0 Å². The number of carbonyl (C=O) groups is 1. The van der Waals surface area contributed by atoms with Crippen LogP contribution < -0.4 is 5.32 Å². The number of ether oxygens (including phenoxy) is 1. The predicted molar refractivity (Wildman–Crippen MR) is 77.7 cm³/mol. The van der Waals surface area contributed by atoms with Crippen LogP contribution >= 0.6 is 0 Å². The van der Waals surface area contributed by atoms with Gasteiger partial charge in [0.25, 0.3) is 0 Å². The molecule has 1 amide bonds. The maximum Gasteiger partial charge on any atom is 0.435 e. The molecule has 130 valence electrons. The van der Waals surface area contributed by atoms with E-state index in [4.69, 9.17) is 4.74 Å². The largest absolute Gasteiger partial charge is 0.435 e. The number of alkyl halides is 3. The number of halogens is 3. The van der Waals surface area contributed by atoms with Gasteiger partial charge in [-0.05, 0) is 25.3 Å². The van der Waals surface area contributed by atoms with Gasteiger partial charge in [0.15, 0.2) is 5.69 Å². The molecule has 0 spiro atoms. The van der Waals surface area contributed by atoms with Crippen LogP contribution in [0.3, 0.4) is 0 Å². The van der Waals surface area contributed by atoms with Gasteiger partial charge in [-0.3, -0.25) is 9.48 Å². The lowest BCUT2D eigenvalue weighted by atomic mass is 9.77. The van der Waals surface area contributed by atoms with Crippen LogP contribution in [-0.2, 0) is 22.3 Å². The third-order valence-corrected chi connectivity index (χ3v) is 4.42. The number of carbonyl (C=O) groups excluding carboxylic acids is 1. The van der Waals surface area contributed by atoms with E-state index < -0.39 is 17.3 Å². The SMILES string of the molecule is Cc1cc(C(F)(F)F)nn1CCNC(=O)C(C)(C)C1CCOC1. The van der Waals surface area contributed by atoms with Crippen LogP contribution in [0, 0.1) is 18.3 Å². The van der Waals surface area contributed by atoms with E-state index in [1.165, 1.54) is 4.68 Å². The molecule has 1 aliphatic rings. The number of nitrogens with zero attached hydrogens (tertiary/aromatic N) is 2. The molecule has 1 aromatic rings. The van der Waals surface area contributed by atoms with E-state index in [0.29, 0.717) is 18.9 Å². The summed E-state index contributed by atoms with van der Waals surface area (Å²) < 4.78 is 44.4. The van der Waals surface area contributed by atoms with Crippen molar-refractivity contribution in [3.63, 3.8) is 0 Å². The second-order valence-corrected chi connectivity index (χ2v) is 6.43. The van der Waals surface area contributed by atoms with E-state index in [9.17, 15) is 18.0 Å². The fraction of sp³-hybridized carbons (Fsp3) is 0.733. The van der Waals surface area contributed by atoms with E-state index in [-0.39, 0.29) is 24.9 Å². The Balaban J connectivity index is 1.89. The summed E-state index contributed by atoms with van der Waals surface area (Å²) >= 11 is 0. The van der Waals surface area contributed by atoms with Gasteiger partial charge in [-0.25, -0.2) is 0 Å². The molecule has 0 aliphatic carbocycles. The highest BCUT2D eigenvalue weighted by atomic mass is 19.4. The Morgan fingerprint density at radius 3 is 2.70 bits per heavy atom. The van der Waals surface area contributed by atoms with Crippen molar-refractivity contribution in [1.82, 2.24) is 15.1 Å². The molecule has 23 heavy (non-hydrogen) atoms. The maximum atomic E-state index is 12.6. The molecule has 2 rings (SSSR count). The molecule has 2 heterocycles. The first-order valence-electron chi connectivity index (χ1n) is 7.60. The average molecular weight is 333 g/mol. The molecule has 1 fully saturated rings. The number of hydrogen-bond acceptors (Lipinski definition) is 3. The smallest absolute Gasteiger partial charge is 0.381 e. The van der Waals surface area contributed by atoms with E-state index in [2.05, 4.69) is 10.4 Å². The molecule has 1 atom stereocenters. The topological polar surface area (TPSA) is 56.2 Å². The van der Waals surface area contributed by atoms with Crippen LogP contribution in [0.4, 0.5) is 13.2 Å². The molecule has 1 aliphatic heterocycles. The van der Waals surface area contributed by atoms with Gasteiger partial charge in [-0.2, -0.15) is 18.3 Å². The molecule has 0 radical (unpaired) electrons. The number of aromatic nitrogens is 2. The minimum Gasteiger partial charge on any atom is -0.381 e. The molecule has 1 N–H and O–H groups in total. The van der Waals surface area contributed by atoms with Crippen LogP contribution in [0.1, 0.15) is 31.7 Å². The maximum absolute atomic E-state index is 12.6. The number of amides is 1. The number of aryl methyl sites for hydroxylation is 1. The van der Waals surface area contributed by atoms with Crippen molar-refractivity contribution < 1.29 is 22.7 Å². The van der Waals surface area contributed by atoms with Gasteiger partial charge in [0, 0.05) is 24.3 Å². The number of nitrogens with one attached hydrogen (secondary N) is 1. The van der Waals surface area contributed by atoms with Gasteiger partial charge < -0.3 is 10.1 Å². The molecule has 0 aromatic carbocycles. The highest BCUT2D eigenvalue weighted by Gasteiger charge is 2.38. The van der Waals surface area contributed by atoms with Crippen molar-refractivity contribution in [2.24, 2.45) is 11.3 Å². The Morgan fingerprint density at radius 2 is 2.17 bits per heavy atom. The van der Waals surface area contributed by atoms with Gasteiger partial charge in [0.1, 0.15) is 0 Å². The van der Waals surface area contributed by atoms with E-state index in [0.717, 1.165) is 12.5 Å². The lowest BCUT2D eigenvalue weighted by molar-refractivity contribution is -0.141. The second-order valence-electron chi connectivity index (χ2n) is 6.43. The molecular formula is C15H22F3N3O2. The monoisotopic (exact) mass is 333 g/mol. The zero-order valence-corrected chi connectivity index (χ0v) is 13.5. The lowest BCUT2D eigenvalue weighted by Gasteiger charge is -2.29. The third kappa shape index (κ3) is 4.04.